The van der Waals surface area contributed by atoms with E-state index in [1.165, 1.54) is 334 Å². The number of aliphatic hydroxyl groups is 1. The minimum atomic E-state index is -4.35. The molecular weight excluding hydrogens is 1010 g/mol. The Morgan fingerprint density at radius 2 is 0.662 bits per heavy atom. The molecule has 80 heavy (non-hydrogen) atoms. The lowest BCUT2D eigenvalue weighted by atomic mass is 10.0. The van der Waals surface area contributed by atoms with Crippen LogP contribution in [0.25, 0.3) is 0 Å². The lowest BCUT2D eigenvalue weighted by molar-refractivity contribution is -0.870. The van der Waals surface area contributed by atoms with Gasteiger partial charge in [-0.05, 0) is 19.3 Å². The van der Waals surface area contributed by atoms with Crippen LogP contribution in [-0.2, 0) is 18.4 Å². The molecular formula is C71H144N2O6P+. The second-order valence-electron chi connectivity index (χ2n) is 26.3. The average molecular weight is 1150 g/mol. The molecule has 0 heterocycles. The molecule has 1 amide bonds. The van der Waals surface area contributed by atoms with Crippen LogP contribution in [-0.4, -0.2) is 73.4 Å². The Bertz CT molecular complexity index is 1310. The Balaban J connectivity index is 3.99. The maximum atomic E-state index is 13.1. The summed E-state index contributed by atoms with van der Waals surface area (Å²) < 4.78 is 23.8. The van der Waals surface area contributed by atoms with Gasteiger partial charge in [-0.15, -0.1) is 0 Å². The zero-order chi connectivity index (χ0) is 58.4. The summed E-state index contributed by atoms with van der Waals surface area (Å²) >= 11 is 0. The number of carbonyl (C=O) groups excluding carboxylic acids is 1. The summed E-state index contributed by atoms with van der Waals surface area (Å²) in [6.45, 7) is 4.89. The predicted octanol–water partition coefficient (Wildman–Crippen LogP) is 22.9. The van der Waals surface area contributed by atoms with E-state index in [0.717, 1.165) is 32.1 Å². The number of hydrogen-bond acceptors (Lipinski definition) is 5. The molecule has 0 aromatic carbocycles. The van der Waals surface area contributed by atoms with Crippen molar-refractivity contribution in [2.24, 2.45) is 0 Å². The number of quaternary nitrogens is 1. The summed E-state index contributed by atoms with van der Waals surface area (Å²) in [6.07, 6.45) is 80.9. The first kappa shape index (κ1) is 79.2. The average Bonchev–Trinajstić information content (AvgIpc) is 3.43. The highest BCUT2D eigenvalue weighted by atomic mass is 31.2. The van der Waals surface area contributed by atoms with Gasteiger partial charge in [-0.25, -0.2) is 4.57 Å². The van der Waals surface area contributed by atoms with Gasteiger partial charge in [-0.3, -0.25) is 13.8 Å². The number of carbonyl (C=O) groups is 1. The molecule has 0 bridgehead atoms. The van der Waals surface area contributed by atoms with E-state index in [1.54, 1.807) is 6.08 Å². The lowest BCUT2D eigenvalue weighted by Gasteiger charge is -2.25. The number of unbranched alkanes of at least 4 members (excludes halogenated alkanes) is 55. The van der Waals surface area contributed by atoms with Crippen LogP contribution in [0.5, 0.6) is 0 Å². The van der Waals surface area contributed by atoms with Crippen LogP contribution < -0.4 is 5.32 Å². The first-order valence-corrected chi connectivity index (χ1v) is 37.6. The Labute approximate surface area is 501 Å². The summed E-state index contributed by atoms with van der Waals surface area (Å²) in [6, 6.07) is -0.844. The lowest BCUT2D eigenvalue weighted by Crippen LogP contribution is -2.45. The van der Waals surface area contributed by atoms with E-state index in [9.17, 15) is 19.4 Å². The highest BCUT2D eigenvalue weighted by Gasteiger charge is 2.28. The highest BCUT2D eigenvalue weighted by Crippen LogP contribution is 2.43. The van der Waals surface area contributed by atoms with Crippen LogP contribution in [0.3, 0.4) is 0 Å². The Morgan fingerprint density at radius 1 is 0.412 bits per heavy atom. The molecule has 478 valence electrons. The first-order valence-electron chi connectivity index (χ1n) is 36.1. The summed E-state index contributed by atoms with van der Waals surface area (Å²) in [5.41, 5.74) is 0. The van der Waals surface area contributed by atoms with E-state index in [-0.39, 0.29) is 19.1 Å². The maximum absolute atomic E-state index is 13.1. The van der Waals surface area contributed by atoms with Gasteiger partial charge in [0, 0.05) is 6.42 Å². The van der Waals surface area contributed by atoms with Crippen LogP contribution in [0.2, 0.25) is 0 Å². The van der Waals surface area contributed by atoms with Crippen molar-refractivity contribution in [3.05, 3.63) is 12.2 Å². The number of likely N-dealkylation sites (N-methyl/N-ethyl adjacent to an activating group) is 1. The Hall–Kier alpha value is -0.760. The number of nitrogens with zero attached hydrogens (tertiary/aromatic N) is 1. The number of amides is 1. The molecule has 3 unspecified atom stereocenters. The second kappa shape index (κ2) is 62.8. The van der Waals surface area contributed by atoms with Gasteiger partial charge in [0.05, 0.1) is 39.9 Å². The van der Waals surface area contributed by atoms with Gasteiger partial charge < -0.3 is 19.8 Å². The number of rotatable bonds is 68. The van der Waals surface area contributed by atoms with Crippen molar-refractivity contribution in [2.75, 3.05) is 40.9 Å². The molecule has 0 radical (unpaired) electrons. The molecule has 0 aliphatic carbocycles. The third-order valence-electron chi connectivity index (χ3n) is 17.0. The van der Waals surface area contributed by atoms with Gasteiger partial charge in [0.2, 0.25) is 5.91 Å². The Morgan fingerprint density at radius 3 is 0.925 bits per heavy atom. The Kier molecular flexibility index (Phi) is 62.2. The number of nitrogens with one attached hydrogen (secondary N) is 1. The summed E-state index contributed by atoms with van der Waals surface area (Å²) in [7, 11) is 1.60. The molecule has 0 aliphatic rings. The molecule has 0 aromatic heterocycles. The second-order valence-corrected chi connectivity index (χ2v) is 27.8. The van der Waals surface area contributed by atoms with Gasteiger partial charge in [0.15, 0.2) is 0 Å². The third-order valence-corrected chi connectivity index (χ3v) is 18.0. The molecule has 9 heteroatoms. The summed E-state index contributed by atoms with van der Waals surface area (Å²) in [5, 5.41) is 14.0. The standard InChI is InChI=1S/C71H143N2O6P/c1-6-8-10-12-14-16-18-20-22-24-26-28-30-32-33-34-35-36-37-38-39-41-43-45-47-49-51-53-55-57-59-61-63-65-71(75)72-69(68-79-80(76,77)78-67-66-73(3,4)5)70(74)64-62-60-58-56-54-52-50-48-46-44-42-40-31-29-27-25-23-21-19-17-15-13-11-9-7-2/h62,64,69-70,74H,6-61,63,65-68H2,1-5H3,(H-,72,75,76,77)/p+1/b64-62+. The van der Waals surface area contributed by atoms with Crippen LogP contribution in [0, 0.1) is 0 Å². The van der Waals surface area contributed by atoms with E-state index in [2.05, 4.69) is 19.2 Å². The van der Waals surface area contributed by atoms with Crippen molar-refractivity contribution in [3.8, 4) is 0 Å². The normalized spacial score (nSPS) is 13.6. The van der Waals surface area contributed by atoms with E-state index in [4.69, 9.17) is 9.05 Å². The SMILES string of the molecule is CCCCCCCCCCCCCCCCCCCCCCCCC/C=C/C(O)C(COP(=O)(O)OCC[N+](C)(C)C)NC(=O)CCCCCCCCCCCCCCCCCCCCCCCCCCCCCCCCCCC. The fraction of sp³-hybridized carbons (Fsp3) is 0.958. The van der Waals surface area contributed by atoms with Gasteiger partial charge in [-0.1, -0.05) is 373 Å². The molecule has 0 rings (SSSR count). The van der Waals surface area contributed by atoms with Gasteiger partial charge in [0.1, 0.15) is 13.2 Å². The van der Waals surface area contributed by atoms with Gasteiger partial charge in [0.25, 0.3) is 0 Å². The molecule has 3 atom stereocenters. The highest BCUT2D eigenvalue weighted by molar-refractivity contribution is 7.47. The molecule has 0 saturated carbocycles. The van der Waals surface area contributed by atoms with Gasteiger partial charge in [-0.2, -0.15) is 0 Å². The van der Waals surface area contributed by atoms with E-state index >= 15 is 0 Å². The number of hydrogen-bond donors (Lipinski definition) is 3. The molecule has 3 N–H and O–H groups in total. The fourth-order valence-electron chi connectivity index (χ4n) is 11.4. The minimum absolute atomic E-state index is 0.0655. The van der Waals surface area contributed by atoms with Crippen LogP contribution in [0.1, 0.15) is 386 Å². The molecule has 0 aromatic rings. The molecule has 8 nitrogen and oxygen atoms in total. The summed E-state index contributed by atoms with van der Waals surface area (Å²) in [5.74, 6) is -0.166. The van der Waals surface area contributed by atoms with Crippen molar-refractivity contribution in [1.29, 1.82) is 0 Å². The number of phosphoric acid groups is 1. The van der Waals surface area contributed by atoms with Crippen LogP contribution in [0.4, 0.5) is 0 Å². The predicted molar refractivity (Wildman–Crippen MR) is 351 cm³/mol. The monoisotopic (exact) mass is 1150 g/mol. The largest absolute Gasteiger partial charge is 0.472 e. The number of aliphatic hydroxyl groups excluding tert-OH is 1. The first-order chi connectivity index (χ1) is 39.0. The molecule has 0 fully saturated rings. The molecule has 0 saturated heterocycles. The van der Waals surface area contributed by atoms with Crippen molar-refractivity contribution in [3.63, 3.8) is 0 Å². The number of phosphoric ester groups is 1. The quantitative estimate of drug-likeness (QED) is 0.0243. The maximum Gasteiger partial charge on any atom is 0.472 e. The minimum Gasteiger partial charge on any atom is -0.387 e. The van der Waals surface area contributed by atoms with Crippen LogP contribution >= 0.6 is 7.82 Å². The summed E-state index contributed by atoms with van der Waals surface area (Å²) in [4.78, 5) is 23.4. The van der Waals surface area contributed by atoms with Gasteiger partial charge >= 0.3 is 7.82 Å². The topological polar surface area (TPSA) is 105 Å². The third kappa shape index (κ3) is 64.8. The van der Waals surface area contributed by atoms with E-state index in [1.807, 2.05) is 27.2 Å². The van der Waals surface area contributed by atoms with Crippen molar-refractivity contribution in [2.45, 2.75) is 398 Å². The molecule has 0 spiro atoms. The van der Waals surface area contributed by atoms with Crippen molar-refractivity contribution < 1.29 is 32.9 Å². The fourth-order valence-corrected chi connectivity index (χ4v) is 12.1. The van der Waals surface area contributed by atoms with E-state index < -0.39 is 20.0 Å². The van der Waals surface area contributed by atoms with E-state index in [0.29, 0.717) is 17.4 Å². The van der Waals surface area contributed by atoms with Crippen LogP contribution in [0.15, 0.2) is 12.2 Å². The smallest absolute Gasteiger partial charge is 0.387 e. The van der Waals surface area contributed by atoms with Crippen molar-refractivity contribution >= 4 is 13.7 Å². The van der Waals surface area contributed by atoms with Crippen molar-refractivity contribution in [1.82, 2.24) is 5.32 Å². The zero-order valence-electron chi connectivity index (χ0n) is 54.9. The zero-order valence-corrected chi connectivity index (χ0v) is 55.8. The number of allylic oxidation sites excluding steroid dienone is 1. The molecule has 0 aliphatic heterocycles.